The van der Waals surface area contributed by atoms with Crippen molar-refractivity contribution in [3.05, 3.63) is 34.9 Å². The van der Waals surface area contributed by atoms with Crippen molar-refractivity contribution in [1.29, 1.82) is 0 Å². The molecule has 0 N–H and O–H groups in total. The molecule has 4 heterocycles. The molecule has 9 heteroatoms. The molecule has 1 amide bonds. The fourth-order valence-corrected chi connectivity index (χ4v) is 7.31. The maximum atomic E-state index is 12.9. The lowest BCUT2D eigenvalue weighted by Crippen LogP contribution is -2.58. The Balaban J connectivity index is 1.18. The highest BCUT2D eigenvalue weighted by atomic mass is 16.6. The number of nitrogens with zero attached hydrogens (tertiary/aromatic N) is 7. The predicted molar refractivity (Wildman–Crippen MR) is 152 cm³/mol. The zero-order valence-electron chi connectivity index (χ0n) is 24.7. The SMILES string of the molecule is Cc1cc(N2CCc3c(c(C)nn3CC34CCC(N(C)C(=O)OC(C)(C)C)(CC3)CC4)C2)c2cnn(C)c2n1. The lowest BCUT2D eigenvalue weighted by molar-refractivity contribution is -0.0606. The Kier molecular flexibility index (Phi) is 6.01. The molecular weight excluding hydrogens is 490 g/mol. The minimum absolute atomic E-state index is 0.0651. The molecule has 210 valence electrons. The Morgan fingerprint density at radius 1 is 1.13 bits per heavy atom. The van der Waals surface area contributed by atoms with Gasteiger partial charge in [-0.05, 0) is 84.6 Å². The molecule has 0 saturated heterocycles. The van der Waals surface area contributed by atoms with Crippen LogP contribution in [-0.4, -0.2) is 60.3 Å². The first-order valence-corrected chi connectivity index (χ1v) is 14.5. The quantitative estimate of drug-likeness (QED) is 0.452. The molecule has 0 aromatic carbocycles. The van der Waals surface area contributed by atoms with Crippen molar-refractivity contribution in [3.63, 3.8) is 0 Å². The number of aryl methyl sites for hydroxylation is 3. The number of rotatable bonds is 4. The summed E-state index contributed by atoms with van der Waals surface area (Å²) >= 11 is 0. The van der Waals surface area contributed by atoms with Crippen LogP contribution in [0.25, 0.3) is 11.0 Å². The second-order valence-corrected chi connectivity index (χ2v) is 13.4. The zero-order chi connectivity index (χ0) is 27.7. The summed E-state index contributed by atoms with van der Waals surface area (Å²) in [4.78, 5) is 22.0. The number of ether oxygens (including phenoxy) is 1. The first kappa shape index (κ1) is 26.1. The largest absolute Gasteiger partial charge is 0.444 e. The van der Waals surface area contributed by atoms with E-state index in [1.54, 1.807) is 0 Å². The second-order valence-electron chi connectivity index (χ2n) is 13.4. The lowest BCUT2D eigenvalue weighted by atomic mass is 9.57. The van der Waals surface area contributed by atoms with E-state index in [1.165, 1.54) is 16.9 Å². The summed E-state index contributed by atoms with van der Waals surface area (Å²) in [5.74, 6) is 0. The summed E-state index contributed by atoms with van der Waals surface area (Å²) in [6.45, 7) is 12.8. The van der Waals surface area contributed by atoms with Crippen LogP contribution >= 0.6 is 0 Å². The molecule has 1 aliphatic heterocycles. The highest BCUT2D eigenvalue weighted by Gasteiger charge is 2.52. The first-order valence-electron chi connectivity index (χ1n) is 14.5. The smallest absolute Gasteiger partial charge is 0.410 e. The van der Waals surface area contributed by atoms with Gasteiger partial charge in [0.05, 0.1) is 23.0 Å². The molecule has 0 radical (unpaired) electrons. The van der Waals surface area contributed by atoms with E-state index in [-0.39, 0.29) is 17.0 Å². The van der Waals surface area contributed by atoms with Gasteiger partial charge in [-0.15, -0.1) is 0 Å². The molecule has 7 rings (SSSR count). The van der Waals surface area contributed by atoms with E-state index >= 15 is 0 Å². The van der Waals surface area contributed by atoms with E-state index in [2.05, 4.69) is 34.6 Å². The van der Waals surface area contributed by atoms with Gasteiger partial charge in [-0.3, -0.25) is 9.36 Å². The van der Waals surface area contributed by atoms with Crippen LogP contribution in [0.2, 0.25) is 0 Å². The average molecular weight is 534 g/mol. The lowest BCUT2D eigenvalue weighted by Gasteiger charge is -2.56. The van der Waals surface area contributed by atoms with Crippen LogP contribution < -0.4 is 4.90 Å². The van der Waals surface area contributed by atoms with Crippen LogP contribution in [0.1, 0.15) is 81.9 Å². The number of amides is 1. The maximum Gasteiger partial charge on any atom is 0.410 e. The number of carbonyl (C=O) groups excluding carboxylic acids is 1. The number of hydrogen-bond donors (Lipinski definition) is 0. The molecule has 4 aliphatic rings. The van der Waals surface area contributed by atoms with Gasteiger partial charge in [0.25, 0.3) is 0 Å². The van der Waals surface area contributed by atoms with Crippen molar-refractivity contribution < 1.29 is 9.53 Å². The van der Waals surface area contributed by atoms with E-state index in [9.17, 15) is 4.79 Å². The number of aromatic nitrogens is 5. The van der Waals surface area contributed by atoms with Gasteiger partial charge in [0.15, 0.2) is 5.65 Å². The van der Waals surface area contributed by atoms with Gasteiger partial charge in [-0.1, -0.05) is 0 Å². The Labute approximate surface area is 231 Å². The highest BCUT2D eigenvalue weighted by Crippen LogP contribution is 2.55. The van der Waals surface area contributed by atoms with E-state index in [1.807, 2.05) is 50.6 Å². The van der Waals surface area contributed by atoms with Gasteiger partial charge >= 0.3 is 6.09 Å². The maximum absolute atomic E-state index is 12.9. The standard InChI is InChI=1S/C30H43N7O2/c1-20-16-25(22-17-31-35(7)26(22)32-20)36-15-8-24-23(18-36)21(2)33-37(24)19-29-9-12-30(13-10-29,14-11-29)34(6)27(38)39-28(3,4)5/h16-17H,8-15,18-19H2,1-7H3. The number of pyridine rings is 1. The number of fused-ring (bicyclic) bond motifs is 5. The molecule has 2 bridgehead atoms. The second kappa shape index (κ2) is 8.96. The first-order chi connectivity index (χ1) is 18.4. The molecule has 3 saturated carbocycles. The topological polar surface area (TPSA) is 81.3 Å². The fourth-order valence-electron chi connectivity index (χ4n) is 7.31. The van der Waals surface area contributed by atoms with Crippen molar-refractivity contribution in [2.45, 2.75) is 104 Å². The fraction of sp³-hybridized carbons (Fsp3) is 0.667. The third kappa shape index (κ3) is 4.47. The predicted octanol–water partition coefficient (Wildman–Crippen LogP) is 5.30. The normalized spacial score (nSPS) is 24.7. The van der Waals surface area contributed by atoms with Crippen LogP contribution in [-0.2, 0) is 31.3 Å². The highest BCUT2D eigenvalue weighted by molar-refractivity contribution is 5.89. The summed E-state index contributed by atoms with van der Waals surface area (Å²) in [6, 6.07) is 2.19. The summed E-state index contributed by atoms with van der Waals surface area (Å²) in [5.41, 5.74) is 6.81. The zero-order valence-corrected chi connectivity index (χ0v) is 24.7. The molecule has 39 heavy (non-hydrogen) atoms. The van der Waals surface area contributed by atoms with Crippen LogP contribution in [0.15, 0.2) is 12.3 Å². The van der Waals surface area contributed by atoms with Crippen LogP contribution in [0.4, 0.5) is 10.5 Å². The van der Waals surface area contributed by atoms with Crippen molar-refractivity contribution in [1.82, 2.24) is 29.4 Å². The molecule has 0 atom stereocenters. The Bertz CT molecular complexity index is 1400. The number of carbonyl (C=O) groups is 1. The number of hydrogen-bond acceptors (Lipinski definition) is 6. The number of anilines is 1. The van der Waals surface area contributed by atoms with E-state index in [0.29, 0.717) is 0 Å². The Morgan fingerprint density at radius 2 is 1.82 bits per heavy atom. The van der Waals surface area contributed by atoms with Gasteiger partial charge in [0, 0.05) is 62.6 Å². The third-order valence-corrected chi connectivity index (χ3v) is 9.71. The van der Waals surface area contributed by atoms with Gasteiger partial charge in [-0.2, -0.15) is 10.2 Å². The molecule has 0 unspecified atom stereocenters. The molecule has 3 fully saturated rings. The van der Waals surface area contributed by atoms with Crippen molar-refractivity contribution in [2.75, 3.05) is 18.5 Å². The summed E-state index contributed by atoms with van der Waals surface area (Å²) in [6.07, 6.45) is 9.27. The Morgan fingerprint density at radius 3 is 2.49 bits per heavy atom. The molecule has 3 aromatic heterocycles. The minimum Gasteiger partial charge on any atom is -0.444 e. The van der Waals surface area contributed by atoms with Crippen LogP contribution in [0.5, 0.6) is 0 Å². The van der Waals surface area contributed by atoms with E-state index in [0.717, 1.165) is 87.0 Å². The average Bonchev–Trinajstić information content (AvgIpc) is 3.41. The Hall–Kier alpha value is -3.10. The van der Waals surface area contributed by atoms with E-state index in [4.69, 9.17) is 14.8 Å². The monoisotopic (exact) mass is 533 g/mol. The molecule has 3 aromatic rings. The van der Waals surface area contributed by atoms with Crippen molar-refractivity contribution >= 4 is 22.8 Å². The molecule has 0 spiro atoms. The third-order valence-electron chi connectivity index (χ3n) is 9.71. The van der Waals surface area contributed by atoms with E-state index < -0.39 is 5.60 Å². The van der Waals surface area contributed by atoms with Gasteiger partial charge in [-0.25, -0.2) is 9.78 Å². The van der Waals surface area contributed by atoms with Crippen LogP contribution in [0.3, 0.4) is 0 Å². The molecule has 3 aliphatic carbocycles. The molecular formula is C30H43N7O2. The minimum atomic E-state index is -0.470. The molecule has 9 nitrogen and oxygen atoms in total. The van der Waals surface area contributed by atoms with Crippen molar-refractivity contribution in [3.8, 4) is 0 Å². The van der Waals surface area contributed by atoms with Crippen LogP contribution in [0, 0.1) is 19.3 Å². The summed E-state index contributed by atoms with van der Waals surface area (Å²) in [7, 11) is 3.89. The summed E-state index contributed by atoms with van der Waals surface area (Å²) in [5, 5.41) is 10.7. The van der Waals surface area contributed by atoms with Gasteiger partial charge < -0.3 is 14.5 Å². The van der Waals surface area contributed by atoms with Gasteiger partial charge in [0.1, 0.15) is 5.60 Å². The summed E-state index contributed by atoms with van der Waals surface area (Å²) < 4.78 is 9.92. The van der Waals surface area contributed by atoms with Crippen molar-refractivity contribution in [2.24, 2.45) is 12.5 Å². The van der Waals surface area contributed by atoms with Gasteiger partial charge in [0.2, 0.25) is 0 Å².